The molecule has 3 aromatic carbocycles. The minimum atomic E-state index is -0.832. The van der Waals surface area contributed by atoms with Gasteiger partial charge in [0.1, 0.15) is 11.5 Å². The topological polar surface area (TPSA) is 115 Å². The molecule has 4 atom stereocenters. The molecule has 7 nitrogen and oxygen atoms in total. The second kappa shape index (κ2) is 13.5. The number of carbonyl (C=O) groups excluding carboxylic acids is 1. The van der Waals surface area contributed by atoms with Crippen LogP contribution in [0.4, 0.5) is 0 Å². The van der Waals surface area contributed by atoms with Gasteiger partial charge in [-0.2, -0.15) is 0 Å². The highest BCUT2D eigenvalue weighted by Gasteiger charge is 2.50. The summed E-state index contributed by atoms with van der Waals surface area (Å²) in [5, 5.41) is 13.1. The summed E-state index contributed by atoms with van der Waals surface area (Å²) < 4.78 is 11.1. The molecule has 4 unspecified atom stereocenters. The number of furan rings is 1. The number of piperidine rings is 1. The number of fused-ring (bicyclic) bond motifs is 1. The van der Waals surface area contributed by atoms with E-state index in [-0.39, 0.29) is 17.7 Å². The Labute approximate surface area is 257 Å². The highest BCUT2D eigenvalue weighted by atomic mass is 35.5. The molecule has 1 aromatic heterocycles. The fraction of sp³-hybridized carbons (Fsp3) is 0.314. The first-order valence-corrected chi connectivity index (χ1v) is 15.0. The van der Waals surface area contributed by atoms with Gasteiger partial charge in [-0.3, -0.25) is 9.59 Å². The molecular weight excluding hydrogens is 564 g/mol. The molecule has 1 saturated heterocycles. The summed E-state index contributed by atoms with van der Waals surface area (Å²) in [5.41, 5.74) is 9.15. The molecule has 4 N–H and O–H groups in total. The minimum absolute atomic E-state index is 0.0705. The summed E-state index contributed by atoms with van der Waals surface area (Å²) in [6.45, 7) is 4.02. The third-order valence-corrected chi connectivity index (χ3v) is 8.92. The van der Waals surface area contributed by atoms with Crippen molar-refractivity contribution in [2.75, 3.05) is 19.7 Å². The monoisotopic (exact) mass is 600 g/mol. The predicted molar refractivity (Wildman–Crippen MR) is 167 cm³/mol. The molecule has 0 saturated carbocycles. The number of carboxylic acids is 1. The number of ether oxygens (including phenoxy) is 1. The van der Waals surface area contributed by atoms with E-state index in [2.05, 4.69) is 29.6 Å². The summed E-state index contributed by atoms with van der Waals surface area (Å²) in [6, 6.07) is 27.7. The molecule has 2 aliphatic rings. The second-order valence-electron chi connectivity index (χ2n) is 11.2. The van der Waals surface area contributed by atoms with Gasteiger partial charge in [0.2, 0.25) is 5.91 Å². The number of aryl methyl sites for hydroxylation is 1. The Morgan fingerprint density at radius 1 is 1.02 bits per heavy atom. The van der Waals surface area contributed by atoms with Crippen LogP contribution in [-0.2, 0) is 21.4 Å². The van der Waals surface area contributed by atoms with Gasteiger partial charge in [-0.05, 0) is 73.2 Å². The number of amides is 1. The summed E-state index contributed by atoms with van der Waals surface area (Å²) >= 11 is 5.90. The van der Waals surface area contributed by atoms with Gasteiger partial charge < -0.3 is 25.3 Å². The molecule has 1 fully saturated rings. The molecule has 1 amide bonds. The van der Waals surface area contributed by atoms with Gasteiger partial charge in [0.05, 0.1) is 24.2 Å². The van der Waals surface area contributed by atoms with Crippen molar-refractivity contribution >= 4 is 23.5 Å². The largest absolute Gasteiger partial charge is 0.493 e. The number of halogens is 1. The zero-order valence-electron chi connectivity index (χ0n) is 24.2. The second-order valence-corrected chi connectivity index (χ2v) is 11.7. The number of benzene rings is 3. The minimum Gasteiger partial charge on any atom is -0.493 e. The fourth-order valence-corrected chi connectivity index (χ4v) is 6.97. The van der Waals surface area contributed by atoms with Crippen molar-refractivity contribution in [3.63, 3.8) is 0 Å². The Hall–Kier alpha value is -4.07. The molecule has 0 radical (unpaired) electrons. The molecule has 4 aromatic rings. The normalized spacial score (nSPS) is 20.8. The quantitative estimate of drug-likeness (QED) is 0.231. The molecule has 0 aliphatic carbocycles. The van der Waals surface area contributed by atoms with Gasteiger partial charge in [0.15, 0.2) is 0 Å². The van der Waals surface area contributed by atoms with E-state index in [1.165, 1.54) is 5.56 Å². The maximum absolute atomic E-state index is 13.2. The number of carboxylic acid groups (broad SMARTS) is 1. The first-order valence-electron chi connectivity index (χ1n) is 14.6. The molecule has 8 heteroatoms. The molecule has 0 bridgehead atoms. The zero-order chi connectivity index (χ0) is 30.4. The highest BCUT2D eigenvalue weighted by molar-refractivity contribution is 6.30. The van der Waals surface area contributed by atoms with Crippen molar-refractivity contribution in [2.24, 2.45) is 11.7 Å². The lowest BCUT2D eigenvalue weighted by molar-refractivity contribution is -0.139. The van der Waals surface area contributed by atoms with Crippen molar-refractivity contribution in [3.05, 3.63) is 124 Å². The van der Waals surface area contributed by atoms with Gasteiger partial charge in [0.25, 0.3) is 0 Å². The Morgan fingerprint density at radius 2 is 1.74 bits per heavy atom. The molecule has 0 spiro atoms. The van der Waals surface area contributed by atoms with Crippen LogP contribution in [0.2, 0.25) is 5.02 Å². The Morgan fingerprint density at radius 3 is 2.40 bits per heavy atom. The van der Waals surface area contributed by atoms with Gasteiger partial charge in [-0.1, -0.05) is 72.3 Å². The van der Waals surface area contributed by atoms with Crippen molar-refractivity contribution < 1.29 is 23.8 Å². The van der Waals surface area contributed by atoms with Gasteiger partial charge in [-0.15, -0.1) is 0 Å². The molecule has 6 rings (SSSR count). The van der Waals surface area contributed by atoms with E-state index in [4.69, 9.17) is 31.6 Å². The molecule has 224 valence electrons. The van der Waals surface area contributed by atoms with E-state index in [1.54, 1.807) is 18.4 Å². The average molecular weight is 601 g/mol. The number of nitrogens with two attached hydrogens (primary N) is 1. The first kappa shape index (κ1) is 30.4. The van der Waals surface area contributed by atoms with Crippen molar-refractivity contribution in [1.82, 2.24) is 5.32 Å². The average Bonchev–Trinajstić information content (AvgIpc) is 3.54. The Kier molecular flexibility index (Phi) is 9.53. The molecule has 3 heterocycles. The zero-order valence-corrected chi connectivity index (χ0v) is 24.9. The van der Waals surface area contributed by atoms with Gasteiger partial charge >= 0.3 is 5.97 Å². The summed E-state index contributed by atoms with van der Waals surface area (Å²) in [4.78, 5) is 24.2. The van der Waals surface area contributed by atoms with E-state index in [9.17, 15) is 9.59 Å². The third-order valence-electron chi connectivity index (χ3n) is 8.70. The maximum Gasteiger partial charge on any atom is 0.311 e. The van der Waals surface area contributed by atoms with E-state index >= 15 is 0 Å². The standard InChI is InChI=1S/C24H26N2O2.C11H11ClO3/c25-23(27)24(16-20-12-7-15-28-20,19-10-5-2-6-11-19)22-13-14-26-17-21(22)18-8-3-1-4-9-18;1-6-4-7(12)5-9-8(11(13)14)2-3-15-10(6)9/h1-12,15,21-22,26H,13-14,16-17H2,(H2,25,27);4-5,8H,2-3H2,1H3,(H,13,14). The van der Waals surface area contributed by atoms with Crippen LogP contribution in [0.3, 0.4) is 0 Å². The number of hydrogen-bond acceptors (Lipinski definition) is 5. The van der Waals surface area contributed by atoms with Crippen LogP contribution < -0.4 is 15.8 Å². The Bertz CT molecular complexity index is 1530. The number of nitrogens with one attached hydrogen (secondary N) is 1. The van der Waals surface area contributed by atoms with E-state index in [1.807, 2.05) is 55.5 Å². The van der Waals surface area contributed by atoms with Crippen LogP contribution in [0.1, 0.15) is 52.7 Å². The van der Waals surface area contributed by atoms with Crippen molar-refractivity contribution in [2.45, 2.75) is 43.4 Å². The number of aliphatic carboxylic acids is 1. The van der Waals surface area contributed by atoms with E-state index < -0.39 is 17.3 Å². The lowest BCUT2D eigenvalue weighted by atomic mass is 9.59. The van der Waals surface area contributed by atoms with Crippen LogP contribution in [0.25, 0.3) is 0 Å². The van der Waals surface area contributed by atoms with Crippen LogP contribution in [-0.4, -0.2) is 36.7 Å². The third kappa shape index (κ3) is 6.48. The summed E-state index contributed by atoms with van der Waals surface area (Å²) in [5.74, 6) is 0.125. The van der Waals surface area contributed by atoms with Crippen LogP contribution in [0, 0.1) is 12.8 Å². The number of rotatable bonds is 7. The fourth-order valence-electron chi connectivity index (χ4n) is 6.68. The van der Waals surface area contributed by atoms with E-state index in [0.717, 1.165) is 36.4 Å². The van der Waals surface area contributed by atoms with Crippen LogP contribution in [0.5, 0.6) is 5.75 Å². The van der Waals surface area contributed by atoms with Crippen molar-refractivity contribution in [3.8, 4) is 5.75 Å². The molecule has 43 heavy (non-hydrogen) atoms. The predicted octanol–water partition coefficient (Wildman–Crippen LogP) is 6.24. The SMILES string of the molecule is Cc1cc(Cl)cc2c1OCCC2C(=O)O.NC(=O)C(Cc1ccco1)(c1ccccc1)C1CCNCC1c1ccccc1. The molecule has 2 aliphatic heterocycles. The first-order chi connectivity index (χ1) is 20.8. The highest BCUT2D eigenvalue weighted by Crippen LogP contribution is 2.46. The molecular formula is C35H37ClN2O5. The summed E-state index contributed by atoms with van der Waals surface area (Å²) in [7, 11) is 0. The van der Waals surface area contributed by atoms with Crippen LogP contribution in [0.15, 0.2) is 95.6 Å². The number of carbonyl (C=O) groups is 2. The smallest absolute Gasteiger partial charge is 0.311 e. The number of hydrogen-bond donors (Lipinski definition) is 3. The Balaban J connectivity index is 0.000000207. The lowest BCUT2D eigenvalue weighted by Gasteiger charge is -2.45. The maximum atomic E-state index is 13.2. The lowest BCUT2D eigenvalue weighted by Crippen LogP contribution is -2.54. The van der Waals surface area contributed by atoms with Crippen LogP contribution >= 0.6 is 11.6 Å². The van der Waals surface area contributed by atoms with Gasteiger partial charge in [-0.25, -0.2) is 0 Å². The van der Waals surface area contributed by atoms with Crippen molar-refractivity contribution in [1.29, 1.82) is 0 Å². The van der Waals surface area contributed by atoms with E-state index in [0.29, 0.717) is 35.8 Å². The summed E-state index contributed by atoms with van der Waals surface area (Å²) in [6.07, 6.45) is 3.50. The van der Waals surface area contributed by atoms with Gasteiger partial charge in [0, 0.05) is 29.5 Å². The number of primary amides is 1.